The maximum atomic E-state index is 6.08. The second kappa shape index (κ2) is 5.29. The molecule has 0 aliphatic rings. The molecule has 0 saturated heterocycles. The highest BCUT2D eigenvalue weighted by Gasteiger charge is 2.14. The largest absolute Gasteiger partial charge is 0.496 e. The topological polar surface area (TPSA) is 62.3 Å². The van der Waals surface area contributed by atoms with Crippen LogP contribution in [0.2, 0.25) is 0 Å². The number of para-hydroxylation sites is 1. The highest BCUT2D eigenvalue weighted by molar-refractivity contribution is 9.10. The zero-order chi connectivity index (χ0) is 15.0. The predicted molar refractivity (Wildman–Crippen MR) is 86.3 cm³/mol. The number of aromatic nitrogens is 2. The van der Waals surface area contributed by atoms with E-state index in [0.29, 0.717) is 11.7 Å². The van der Waals surface area contributed by atoms with Gasteiger partial charge in [0.1, 0.15) is 17.0 Å². The summed E-state index contributed by atoms with van der Waals surface area (Å²) >= 11 is 3.49. The zero-order valence-corrected chi connectivity index (χ0v) is 13.2. The van der Waals surface area contributed by atoms with E-state index in [0.717, 1.165) is 26.9 Å². The third-order valence-corrected chi connectivity index (χ3v) is 3.91. The maximum Gasteiger partial charge on any atom is 0.206 e. The van der Waals surface area contributed by atoms with Crippen LogP contribution in [0.3, 0.4) is 0 Å². The summed E-state index contributed by atoms with van der Waals surface area (Å²) in [5.41, 5.74) is 8.61. The minimum absolute atomic E-state index is 0.409. The molecule has 0 amide bonds. The van der Waals surface area contributed by atoms with E-state index in [1.807, 2.05) is 41.0 Å². The first-order chi connectivity index (χ1) is 10.2. The van der Waals surface area contributed by atoms with Crippen LogP contribution in [-0.4, -0.2) is 23.8 Å². The second-order valence-corrected chi connectivity index (χ2v) is 5.31. The molecule has 2 N–H and O–H groups in total. The minimum atomic E-state index is 0.409. The van der Waals surface area contributed by atoms with Crippen LogP contribution < -0.4 is 15.2 Å². The van der Waals surface area contributed by atoms with E-state index in [1.165, 1.54) is 0 Å². The minimum Gasteiger partial charge on any atom is -0.496 e. The lowest BCUT2D eigenvalue weighted by atomic mass is 10.2. The Hall–Kier alpha value is -2.21. The van der Waals surface area contributed by atoms with Gasteiger partial charge < -0.3 is 15.2 Å². The van der Waals surface area contributed by atoms with E-state index in [9.17, 15) is 0 Å². The molecule has 108 valence electrons. The third kappa shape index (κ3) is 2.21. The first kappa shape index (κ1) is 13.8. The van der Waals surface area contributed by atoms with Crippen LogP contribution in [0, 0.1) is 0 Å². The molecule has 0 radical (unpaired) electrons. The van der Waals surface area contributed by atoms with E-state index in [4.69, 9.17) is 15.2 Å². The van der Waals surface area contributed by atoms with Crippen LogP contribution >= 0.6 is 15.9 Å². The highest BCUT2D eigenvalue weighted by Crippen LogP contribution is 2.32. The second-order valence-electron chi connectivity index (χ2n) is 4.45. The van der Waals surface area contributed by atoms with Crippen LogP contribution in [0.1, 0.15) is 0 Å². The van der Waals surface area contributed by atoms with Gasteiger partial charge in [0.15, 0.2) is 0 Å². The third-order valence-electron chi connectivity index (χ3n) is 3.29. The molecule has 0 fully saturated rings. The summed E-state index contributed by atoms with van der Waals surface area (Å²) in [6, 6.07) is 11.5. The molecule has 0 bridgehead atoms. The van der Waals surface area contributed by atoms with Gasteiger partial charge in [-0.25, -0.2) is 4.98 Å². The van der Waals surface area contributed by atoms with Gasteiger partial charge >= 0.3 is 0 Å². The van der Waals surface area contributed by atoms with E-state index >= 15 is 0 Å². The summed E-state index contributed by atoms with van der Waals surface area (Å²) < 4.78 is 13.3. The number of nitrogens with zero attached hydrogens (tertiary/aromatic N) is 2. The summed E-state index contributed by atoms with van der Waals surface area (Å²) in [7, 11) is 3.25. The molecule has 1 heterocycles. The fourth-order valence-corrected chi connectivity index (χ4v) is 2.85. The Morgan fingerprint density at radius 2 is 1.86 bits per heavy atom. The van der Waals surface area contributed by atoms with Gasteiger partial charge in [0.2, 0.25) is 5.95 Å². The van der Waals surface area contributed by atoms with Crippen molar-refractivity contribution in [1.82, 2.24) is 9.55 Å². The molecule has 3 aromatic rings. The molecular formula is C15H14BrN3O2. The summed E-state index contributed by atoms with van der Waals surface area (Å²) in [5.74, 6) is 1.87. The number of nitrogen functional groups attached to an aromatic ring is 1. The van der Waals surface area contributed by atoms with Crippen molar-refractivity contribution in [2.45, 2.75) is 0 Å². The number of hydrogen-bond acceptors (Lipinski definition) is 4. The smallest absolute Gasteiger partial charge is 0.206 e. The predicted octanol–water partition coefficient (Wildman–Crippen LogP) is 3.39. The average Bonchev–Trinajstić information content (AvgIpc) is 2.82. The van der Waals surface area contributed by atoms with Gasteiger partial charge in [0, 0.05) is 0 Å². The Morgan fingerprint density at radius 3 is 2.52 bits per heavy atom. The number of hydrogen-bond donors (Lipinski definition) is 1. The lowest BCUT2D eigenvalue weighted by molar-refractivity contribution is 0.412. The molecule has 0 spiro atoms. The molecule has 2 aromatic carbocycles. The van der Waals surface area contributed by atoms with Crippen LogP contribution in [0.5, 0.6) is 11.5 Å². The van der Waals surface area contributed by atoms with E-state index < -0.39 is 0 Å². The summed E-state index contributed by atoms with van der Waals surface area (Å²) in [6.45, 7) is 0. The normalized spacial score (nSPS) is 10.8. The Morgan fingerprint density at radius 1 is 1.10 bits per heavy atom. The zero-order valence-electron chi connectivity index (χ0n) is 11.6. The van der Waals surface area contributed by atoms with Gasteiger partial charge in [-0.15, -0.1) is 0 Å². The van der Waals surface area contributed by atoms with Crippen molar-refractivity contribution in [2.75, 3.05) is 20.0 Å². The molecule has 6 heteroatoms. The summed E-state index contributed by atoms with van der Waals surface area (Å²) in [6.07, 6.45) is 0. The number of imidazole rings is 1. The molecule has 5 nitrogen and oxygen atoms in total. The Balaban J connectivity index is 2.25. The van der Waals surface area contributed by atoms with Crippen LogP contribution in [-0.2, 0) is 0 Å². The van der Waals surface area contributed by atoms with Gasteiger partial charge in [0.25, 0.3) is 0 Å². The Kier molecular flexibility index (Phi) is 3.47. The van der Waals surface area contributed by atoms with Crippen molar-refractivity contribution in [3.8, 4) is 17.2 Å². The summed E-state index contributed by atoms with van der Waals surface area (Å²) in [4.78, 5) is 4.40. The van der Waals surface area contributed by atoms with Gasteiger partial charge in [-0.05, 0) is 46.3 Å². The monoisotopic (exact) mass is 347 g/mol. The van der Waals surface area contributed by atoms with Gasteiger partial charge in [-0.3, -0.25) is 4.57 Å². The van der Waals surface area contributed by atoms with Gasteiger partial charge in [0.05, 0.1) is 29.9 Å². The van der Waals surface area contributed by atoms with Crippen molar-refractivity contribution in [3.63, 3.8) is 0 Å². The number of halogens is 1. The molecule has 0 aliphatic heterocycles. The SMILES string of the molecule is COc1ccc(-n2c(N)nc3c(OC)cccc32)cc1Br. The van der Waals surface area contributed by atoms with Crippen LogP contribution in [0.25, 0.3) is 16.7 Å². The van der Waals surface area contributed by atoms with E-state index in [1.54, 1.807) is 14.2 Å². The number of methoxy groups -OCH3 is 2. The molecule has 21 heavy (non-hydrogen) atoms. The quantitative estimate of drug-likeness (QED) is 0.788. The molecule has 3 rings (SSSR count). The maximum absolute atomic E-state index is 6.08. The molecule has 0 unspecified atom stereocenters. The number of ether oxygens (including phenoxy) is 2. The van der Waals surface area contributed by atoms with Crippen molar-refractivity contribution < 1.29 is 9.47 Å². The Labute approximate surface area is 130 Å². The van der Waals surface area contributed by atoms with Crippen molar-refractivity contribution in [1.29, 1.82) is 0 Å². The van der Waals surface area contributed by atoms with Crippen molar-refractivity contribution in [3.05, 3.63) is 40.9 Å². The highest BCUT2D eigenvalue weighted by atomic mass is 79.9. The first-order valence-corrected chi connectivity index (χ1v) is 7.10. The van der Waals surface area contributed by atoms with Crippen molar-refractivity contribution in [2.24, 2.45) is 0 Å². The van der Waals surface area contributed by atoms with Crippen LogP contribution in [0.4, 0.5) is 5.95 Å². The average molecular weight is 348 g/mol. The molecular weight excluding hydrogens is 334 g/mol. The standard InChI is InChI=1S/C15H14BrN3O2/c1-20-12-7-6-9(8-10(12)16)19-11-4-3-5-13(21-2)14(11)18-15(19)17/h3-8H,1-2H3,(H2,17,18). The number of nitrogens with two attached hydrogens (primary N) is 1. The van der Waals surface area contributed by atoms with Gasteiger partial charge in [-0.1, -0.05) is 6.07 Å². The van der Waals surface area contributed by atoms with Crippen LogP contribution in [0.15, 0.2) is 40.9 Å². The number of benzene rings is 2. The molecule has 0 atom stereocenters. The fourth-order valence-electron chi connectivity index (χ4n) is 2.32. The number of rotatable bonds is 3. The van der Waals surface area contributed by atoms with Gasteiger partial charge in [-0.2, -0.15) is 0 Å². The first-order valence-electron chi connectivity index (χ1n) is 6.30. The lowest BCUT2D eigenvalue weighted by Crippen LogP contribution is -2.00. The fraction of sp³-hybridized carbons (Fsp3) is 0.133. The van der Waals surface area contributed by atoms with Crippen molar-refractivity contribution >= 4 is 32.9 Å². The van der Waals surface area contributed by atoms with E-state index in [-0.39, 0.29) is 0 Å². The number of anilines is 1. The molecule has 0 aliphatic carbocycles. The lowest BCUT2D eigenvalue weighted by Gasteiger charge is -2.09. The summed E-state index contributed by atoms with van der Waals surface area (Å²) in [5, 5.41) is 0. The molecule has 0 saturated carbocycles. The Bertz CT molecular complexity index is 814. The molecule has 1 aromatic heterocycles. The number of fused-ring (bicyclic) bond motifs is 1. The van der Waals surface area contributed by atoms with E-state index in [2.05, 4.69) is 20.9 Å².